The second kappa shape index (κ2) is 28.6. The first-order valence-electron chi connectivity index (χ1n) is 44.5. The molecule has 0 atom stereocenters. The highest BCUT2D eigenvalue weighted by atomic mass is 15.2. The van der Waals surface area contributed by atoms with Gasteiger partial charge in [-0.25, -0.2) is 0 Å². The minimum absolute atomic E-state index is 0.0112. The first kappa shape index (κ1) is 72.1. The van der Waals surface area contributed by atoms with E-state index in [9.17, 15) is 0 Å². The van der Waals surface area contributed by atoms with Crippen molar-refractivity contribution in [2.45, 2.75) is 0 Å². The standard InChI is InChI=1S/2C58H38B2N4/c1-5-19-41(20-6-1)61-49-29-15-13-27-45(49)59-47-35-39-38-56-48(36-40(39)37-55(47)63(43-23-9-3-10-24-43)53-33-17-31-51(61)57(53)59)60-46-28-14-16-30-50(46)62(42-21-7-2-8-22-42)52-32-18-34-54(58(52)60)64(56)44-25-11-4-12-26-44;1-5-19-39(20-6-1)61-47-29-15-13-27-45(47)59-55-43-35-38-54-56(44(43)36-37-53(55)63(41-23-9-3-10-24-41)51-33-17-31-49(61)57(51)59)60-46-28-14-16-30-48(46)62(40-21-7-2-8-22-40)50-32-18-34-52(58(50)60)64(54)42-25-11-4-12-26-42/h2*1-38H. The number of hydrogen-bond acceptors (Lipinski definition) is 8. The van der Waals surface area contributed by atoms with Crippen LogP contribution in [0.2, 0.25) is 0 Å². The number of fused-ring (bicyclic) bond motifs is 20. The normalized spacial score (nSPS) is 13.8. The molecule has 20 aromatic rings. The Bertz CT molecular complexity index is 7310. The van der Waals surface area contributed by atoms with Gasteiger partial charge in [0.25, 0.3) is 26.9 Å². The molecule has 0 saturated carbocycles. The highest BCUT2D eigenvalue weighted by Crippen LogP contribution is 2.52. The fraction of sp³-hybridized carbons (Fsp3) is 0. The lowest BCUT2D eigenvalue weighted by atomic mass is 9.31. The zero-order valence-electron chi connectivity index (χ0n) is 69.8. The van der Waals surface area contributed by atoms with Gasteiger partial charge in [-0.15, -0.1) is 0 Å². The highest BCUT2D eigenvalue weighted by Gasteiger charge is 2.50. The van der Waals surface area contributed by atoms with Gasteiger partial charge in [-0.2, -0.15) is 0 Å². The summed E-state index contributed by atoms with van der Waals surface area (Å²) in [4.78, 5) is 19.9. The van der Waals surface area contributed by atoms with E-state index in [-0.39, 0.29) is 26.9 Å². The summed E-state index contributed by atoms with van der Waals surface area (Å²) in [6, 6.07) is 171. The Morgan fingerprint density at radius 3 is 0.539 bits per heavy atom. The molecule has 8 nitrogen and oxygen atoms in total. The van der Waals surface area contributed by atoms with Crippen molar-refractivity contribution in [1.29, 1.82) is 0 Å². The van der Waals surface area contributed by atoms with Crippen molar-refractivity contribution in [1.82, 2.24) is 0 Å². The maximum atomic E-state index is 2.52. The van der Waals surface area contributed by atoms with Gasteiger partial charge >= 0.3 is 0 Å². The molecule has 8 aliphatic heterocycles. The monoisotopic (exact) mass is 1620 g/mol. The van der Waals surface area contributed by atoms with Crippen LogP contribution in [0.5, 0.6) is 0 Å². The molecule has 0 radical (unpaired) electrons. The number of rotatable bonds is 8. The third-order valence-electron chi connectivity index (χ3n) is 27.9. The average molecular weight is 1630 g/mol. The van der Waals surface area contributed by atoms with E-state index in [1.54, 1.807) is 0 Å². The summed E-state index contributed by atoms with van der Waals surface area (Å²) in [5, 5.41) is 5.01. The van der Waals surface area contributed by atoms with Crippen LogP contribution in [-0.2, 0) is 0 Å². The van der Waals surface area contributed by atoms with Gasteiger partial charge in [-0.05, 0) is 281 Å². The van der Waals surface area contributed by atoms with Crippen molar-refractivity contribution in [3.8, 4) is 0 Å². The lowest BCUT2D eigenvalue weighted by Gasteiger charge is -2.46. The molecule has 0 N–H and O–H groups in total. The van der Waals surface area contributed by atoms with Crippen LogP contribution in [0.4, 0.5) is 136 Å². The van der Waals surface area contributed by atoms with E-state index < -0.39 is 0 Å². The molecule has 8 heterocycles. The van der Waals surface area contributed by atoms with Crippen LogP contribution in [0.3, 0.4) is 0 Å². The Hall–Kier alpha value is -16.4. The van der Waals surface area contributed by atoms with Crippen LogP contribution < -0.4 is 105 Å². The Kier molecular flexibility index (Phi) is 16.1. The second-order valence-electron chi connectivity index (χ2n) is 34.4. The lowest BCUT2D eigenvalue weighted by Crippen LogP contribution is -2.63. The molecule has 0 fully saturated rings. The molecule has 0 saturated heterocycles. The predicted octanol–water partition coefficient (Wildman–Crippen LogP) is 22.0. The van der Waals surface area contributed by atoms with Crippen LogP contribution in [0, 0.1) is 0 Å². The molecule has 0 amide bonds. The van der Waals surface area contributed by atoms with Crippen LogP contribution in [0.1, 0.15) is 0 Å². The van der Waals surface area contributed by atoms with Gasteiger partial charge in [0.2, 0.25) is 0 Å². The van der Waals surface area contributed by atoms with Crippen molar-refractivity contribution in [3.63, 3.8) is 0 Å². The third kappa shape index (κ3) is 10.6. The molecule has 28 rings (SSSR count). The first-order valence-corrected chi connectivity index (χ1v) is 44.5. The molecule has 12 heteroatoms. The van der Waals surface area contributed by atoms with E-state index in [1.807, 2.05) is 0 Å². The Balaban J connectivity index is 0.000000132. The van der Waals surface area contributed by atoms with Crippen LogP contribution in [0.25, 0.3) is 21.5 Å². The fourth-order valence-corrected chi connectivity index (χ4v) is 23.0. The molecular formula is C116H76B4N8. The largest absolute Gasteiger partial charge is 0.311 e. The average Bonchev–Trinajstić information content (AvgIpc) is 0.525. The highest BCUT2D eigenvalue weighted by molar-refractivity contribution is 7.04. The summed E-state index contributed by atoms with van der Waals surface area (Å²) in [6.45, 7) is 0.0341. The van der Waals surface area contributed by atoms with Gasteiger partial charge in [0, 0.05) is 136 Å². The topological polar surface area (TPSA) is 25.9 Å². The fourth-order valence-electron chi connectivity index (χ4n) is 23.0. The van der Waals surface area contributed by atoms with E-state index >= 15 is 0 Å². The zero-order chi connectivity index (χ0) is 83.8. The molecular weight excluding hydrogens is 1550 g/mol. The van der Waals surface area contributed by atoms with Gasteiger partial charge in [0.1, 0.15) is 0 Å². The number of anilines is 24. The summed E-state index contributed by atoms with van der Waals surface area (Å²) in [5.41, 5.74) is 44.5. The summed E-state index contributed by atoms with van der Waals surface area (Å²) in [7, 11) is 0. The molecule has 8 aliphatic rings. The Morgan fingerprint density at radius 2 is 0.297 bits per heavy atom. The minimum atomic E-state index is -0.0112. The molecule has 0 unspecified atom stereocenters. The second-order valence-corrected chi connectivity index (χ2v) is 34.4. The molecule has 0 aromatic heterocycles. The smallest absolute Gasteiger partial charge is 0.252 e. The van der Waals surface area contributed by atoms with Crippen LogP contribution >= 0.6 is 0 Å². The van der Waals surface area contributed by atoms with Crippen molar-refractivity contribution in [3.05, 3.63) is 461 Å². The number of para-hydroxylation sites is 12. The maximum absolute atomic E-state index is 2.52. The first-order chi connectivity index (χ1) is 63.6. The van der Waals surface area contributed by atoms with E-state index in [0.29, 0.717) is 0 Å². The molecule has 0 spiro atoms. The van der Waals surface area contributed by atoms with E-state index in [2.05, 4.69) is 500 Å². The minimum Gasteiger partial charge on any atom is -0.311 e. The van der Waals surface area contributed by atoms with Gasteiger partial charge < -0.3 is 39.2 Å². The van der Waals surface area contributed by atoms with E-state index in [1.165, 1.54) is 178 Å². The zero-order valence-corrected chi connectivity index (χ0v) is 69.8. The van der Waals surface area contributed by atoms with Crippen LogP contribution in [-0.4, -0.2) is 26.9 Å². The molecule has 0 bridgehead atoms. The number of nitrogens with zero attached hydrogens (tertiary/aromatic N) is 8. The SMILES string of the molecule is c1ccc(N2c3ccccc3B3c4c2cccc4N(c2ccccc2)c2ccc4c5c(ccc4c23)N(c2ccccc2)c2cccc3c2B5c2ccccc2N3c2ccccc2)cc1.c1ccc(N2c3ccccc3B3c4cc5cc6c(cc5cc4N(c4ccccc4)c4cccc2c43)B2c3ccccc3N(c3ccccc3)c3cccc(c32)N6c2ccccc2)cc1. The maximum Gasteiger partial charge on any atom is 0.252 e. The molecule has 592 valence electrons. The van der Waals surface area contributed by atoms with Gasteiger partial charge in [0.05, 0.1) is 0 Å². The van der Waals surface area contributed by atoms with Gasteiger partial charge in [0.15, 0.2) is 0 Å². The summed E-state index contributed by atoms with van der Waals surface area (Å²) in [5.74, 6) is 0. The van der Waals surface area contributed by atoms with Gasteiger partial charge in [-0.3, -0.25) is 0 Å². The van der Waals surface area contributed by atoms with Crippen molar-refractivity contribution < 1.29 is 0 Å². The Morgan fingerprint density at radius 1 is 0.117 bits per heavy atom. The lowest BCUT2D eigenvalue weighted by molar-refractivity contribution is 1.25. The number of benzene rings is 20. The quantitative estimate of drug-likeness (QED) is 0.139. The predicted molar refractivity (Wildman–Crippen MR) is 544 cm³/mol. The summed E-state index contributed by atoms with van der Waals surface area (Å²) in [6.07, 6.45) is 0. The van der Waals surface area contributed by atoms with Gasteiger partial charge in [-0.1, -0.05) is 267 Å². The third-order valence-corrected chi connectivity index (χ3v) is 27.9. The van der Waals surface area contributed by atoms with Crippen molar-refractivity contribution in [2.75, 3.05) is 39.2 Å². The summed E-state index contributed by atoms with van der Waals surface area (Å²) >= 11 is 0. The van der Waals surface area contributed by atoms with E-state index in [0.717, 1.165) is 45.5 Å². The molecule has 20 aromatic carbocycles. The number of hydrogen-bond donors (Lipinski definition) is 0. The van der Waals surface area contributed by atoms with E-state index in [4.69, 9.17) is 0 Å². The summed E-state index contributed by atoms with van der Waals surface area (Å²) < 4.78 is 0. The van der Waals surface area contributed by atoms with Crippen molar-refractivity contribution in [2.24, 2.45) is 0 Å². The molecule has 0 aliphatic carbocycles. The van der Waals surface area contributed by atoms with Crippen LogP contribution in [0.15, 0.2) is 461 Å². The van der Waals surface area contributed by atoms with Crippen molar-refractivity contribution >= 4 is 250 Å². The Labute approximate surface area is 745 Å². The molecule has 128 heavy (non-hydrogen) atoms.